The zero-order chi connectivity index (χ0) is 19.5. The van der Waals surface area contributed by atoms with Gasteiger partial charge in [0, 0.05) is 43.6 Å². The molecule has 2 amide bonds. The minimum atomic E-state index is -0.0594. The number of anilines is 3. The molecular formula is C22H26N4O2. The van der Waals surface area contributed by atoms with Crippen molar-refractivity contribution in [1.29, 1.82) is 0 Å². The average molecular weight is 378 g/mol. The summed E-state index contributed by atoms with van der Waals surface area (Å²) < 4.78 is 0. The van der Waals surface area contributed by atoms with E-state index in [1.807, 2.05) is 48.2 Å². The van der Waals surface area contributed by atoms with Gasteiger partial charge >= 0.3 is 0 Å². The van der Waals surface area contributed by atoms with E-state index in [4.69, 9.17) is 0 Å². The molecule has 146 valence electrons. The van der Waals surface area contributed by atoms with Crippen LogP contribution in [0.1, 0.15) is 31.2 Å². The van der Waals surface area contributed by atoms with Gasteiger partial charge in [-0.2, -0.15) is 0 Å². The Labute approximate surface area is 165 Å². The molecule has 2 saturated heterocycles. The number of nitrogens with one attached hydrogen (secondary N) is 1. The molecule has 6 nitrogen and oxygen atoms in total. The molecule has 28 heavy (non-hydrogen) atoms. The highest BCUT2D eigenvalue weighted by Crippen LogP contribution is 2.28. The van der Waals surface area contributed by atoms with E-state index in [1.54, 1.807) is 6.20 Å². The van der Waals surface area contributed by atoms with Gasteiger partial charge in [-0.3, -0.25) is 9.59 Å². The maximum Gasteiger partial charge on any atom is 0.229 e. The topological polar surface area (TPSA) is 65.5 Å². The Morgan fingerprint density at radius 3 is 2.79 bits per heavy atom. The highest BCUT2D eigenvalue weighted by Gasteiger charge is 2.27. The lowest BCUT2D eigenvalue weighted by atomic mass is 9.97. The largest absolute Gasteiger partial charge is 0.356 e. The summed E-state index contributed by atoms with van der Waals surface area (Å²) in [4.78, 5) is 33.2. The van der Waals surface area contributed by atoms with Crippen LogP contribution in [-0.4, -0.2) is 36.4 Å². The van der Waals surface area contributed by atoms with Gasteiger partial charge in [-0.15, -0.1) is 0 Å². The number of pyridine rings is 1. The normalized spacial score (nSPS) is 19.8. The molecule has 1 N–H and O–H groups in total. The van der Waals surface area contributed by atoms with Gasteiger partial charge in [0.05, 0.1) is 5.92 Å². The Hall–Kier alpha value is -2.89. The highest BCUT2D eigenvalue weighted by molar-refractivity contribution is 5.97. The van der Waals surface area contributed by atoms with Crippen molar-refractivity contribution in [3.63, 3.8) is 0 Å². The summed E-state index contributed by atoms with van der Waals surface area (Å²) in [5.41, 5.74) is 2.74. The quantitative estimate of drug-likeness (QED) is 0.886. The van der Waals surface area contributed by atoms with E-state index in [1.165, 1.54) is 0 Å². The van der Waals surface area contributed by atoms with Crippen molar-refractivity contribution in [2.24, 2.45) is 5.92 Å². The van der Waals surface area contributed by atoms with Crippen molar-refractivity contribution in [1.82, 2.24) is 4.98 Å². The van der Waals surface area contributed by atoms with E-state index in [2.05, 4.69) is 15.2 Å². The predicted octanol–water partition coefficient (Wildman–Crippen LogP) is 3.37. The third-order valence-electron chi connectivity index (χ3n) is 5.59. The molecule has 1 aromatic carbocycles. The van der Waals surface area contributed by atoms with Gasteiger partial charge in [-0.05, 0) is 62.1 Å². The van der Waals surface area contributed by atoms with Gasteiger partial charge in [0.25, 0.3) is 0 Å². The molecule has 0 radical (unpaired) electrons. The molecule has 2 fully saturated rings. The number of nitrogens with zero attached hydrogens (tertiary/aromatic N) is 3. The Bertz CT molecular complexity index is 868. The molecule has 4 rings (SSSR count). The van der Waals surface area contributed by atoms with Crippen LogP contribution >= 0.6 is 0 Å². The first-order chi connectivity index (χ1) is 13.6. The van der Waals surface area contributed by atoms with Crippen LogP contribution in [0.25, 0.3) is 0 Å². The van der Waals surface area contributed by atoms with Crippen LogP contribution in [-0.2, 0) is 9.59 Å². The van der Waals surface area contributed by atoms with Gasteiger partial charge in [0.15, 0.2) is 0 Å². The Morgan fingerprint density at radius 2 is 2.07 bits per heavy atom. The monoisotopic (exact) mass is 378 g/mol. The molecule has 0 bridgehead atoms. The average Bonchev–Trinajstić information content (AvgIpc) is 3.14. The van der Waals surface area contributed by atoms with Crippen LogP contribution in [0.4, 0.5) is 17.2 Å². The number of hydrogen-bond acceptors (Lipinski definition) is 4. The maximum atomic E-state index is 12.8. The molecule has 2 aromatic rings. The molecule has 0 spiro atoms. The summed E-state index contributed by atoms with van der Waals surface area (Å²) in [6.45, 7) is 4.37. The van der Waals surface area contributed by atoms with E-state index in [-0.39, 0.29) is 17.7 Å². The van der Waals surface area contributed by atoms with Crippen LogP contribution in [0.3, 0.4) is 0 Å². The van der Waals surface area contributed by atoms with Crippen molar-refractivity contribution >= 4 is 29.0 Å². The fourth-order valence-corrected chi connectivity index (χ4v) is 4.12. The van der Waals surface area contributed by atoms with Gasteiger partial charge in [0.1, 0.15) is 5.82 Å². The molecule has 2 aliphatic heterocycles. The summed E-state index contributed by atoms with van der Waals surface area (Å²) in [6.07, 6.45) is 5.17. The third kappa shape index (κ3) is 3.86. The molecule has 1 aromatic heterocycles. The first-order valence-corrected chi connectivity index (χ1v) is 9.99. The summed E-state index contributed by atoms with van der Waals surface area (Å²) >= 11 is 0. The van der Waals surface area contributed by atoms with Crippen LogP contribution in [0.15, 0.2) is 42.6 Å². The lowest BCUT2D eigenvalue weighted by Gasteiger charge is -2.32. The number of rotatable bonds is 4. The highest BCUT2D eigenvalue weighted by atomic mass is 16.2. The van der Waals surface area contributed by atoms with Crippen LogP contribution in [0, 0.1) is 12.8 Å². The maximum absolute atomic E-state index is 12.8. The summed E-state index contributed by atoms with van der Waals surface area (Å²) in [5.74, 6) is 1.09. The number of aryl methyl sites for hydroxylation is 1. The van der Waals surface area contributed by atoms with Gasteiger partial charge in [-0.1, -0.05) is 6.07 Å². The van der Waals surface area contributed by atoms with E-state index < -0.39 is 0 Å². The van der Waals surface area contributed by atoms with Crippen LogP contribution < -0.4 is 15.1 Å². The minimum Gasteiger partial charge on any atom is -0.356 e. The van der Waals surface area contributed by atoms with Gasteiger partial charge in [-0.25, -0.2) is 4.98 Å². The molecule has 0 saturated carbocycles. The Morgan fingerprint density at radius 1 is 1.18 bits per heavy atom. The molecule has 1 unspecified atom stereocenters. The van der Waals surface area contributed by atoms with Crippen molar-refractivity contribution in [2.75, 3.05) is 34.8 Å². The number of hydrogen-bond donors (Lipinski definition) is 1. The van der Waals surface area contributed by atoms with Crippen molar-refractivity contribution < 1.29 is 9.59 Å². The molecule has 1 atom stereocenters. The van der Waals surface area contributed by atoms with Crippen molar-refractivity contribution in [2.45, 2.75) is 32.6 Å². The first-order valence-electron chi connectivity index (χ1n) is 9.99. The molecule has 3 heterocycles. The number of aromatic nitrogens is 1. The fourth-order valence-electron chi connectivity index (χ4n) is 4.12. The van der Waals surface area contributed by atoms with E-state index in [0.29, 0.717) is 13.0 Å². The summed E-state index contributed by atoms with van der Waals surface area (Å²) in [5, 5.41) is 3.06. The number of amides is 2. The van der Waals surface area contributed by atoms with E-state index in [9.17, 15) is 9.59 Å². The number of benzene rings is 1. The SMILES string of the molecule is Cc1cc(NC(=O)C2CCCN(c3ccccn3)C2)ccc1N1CCCC1=O. The Kier molecular flexibility index (Phi) is 5.28. The number of carbonyl (C=O) groups is 2. The second-order valence-electron chi connectivity index (χ2n) is 7.61. The van der Waals surface area contributed by atoms with Gasteiger partial charge in [0.2, 0.25) is 11.8 Å². The molecule has 0 aliphatic carbocycles. The fraction of sp³-hybridized carbons (Fsp3) is 0.409. The second-order valence-corrected chi connectivity index (χ2v) is 7.61. The first kappa shape index (κ1) is 18.5. The van der Waals surface area contributed by atoms with Crippen LogP contribution in [0.5, 0.6) is 0 Å². The third-order valence-corrected chi connectivity index (χ3v) is 5.59. The standard InChI is InChI=1S/C22H26N4O2/c1-16-14-18(9-10-19(16)26-13-5-8-21(26)27)24-22(28)17-6-4-12-25(15-17)20-7-2-3-11-23-20/h2-3,7,9-11,14,17H,4-6,8,12-13,15H2,1H3,(H,24,28). The van der Waals surface area contributed by atoms with Crippen molar-refractivity contribution in [3.05, 3.63) is 48.2 Å². The van der Waals surface area contributed by atoms with Crippen LogP contribution in [0.2, 0.25) is 0 Å². The Balaban J connectivity index is 1.42. The lowest BCUT2D eigenvalue weighted by Crippen LogP contribution is -2.41. The van der Waals surface area contributed by atoms with Crippen molar-refractivity contribution in [3.8, 4) is 0 Å². The zero-order valence-corrected chi connectivity index (χ0v) is 16.2. The molecule has 6 heteroatoms. The lowest BCUT2D eigenvalue weighted by molar-refractivity contribution is -0.120. The summed E-state index contributed by atoms with van der Waals surface area (Å²) in [6, 6.07) is 11.7. The minimum absolute atomic E-state index is 0.0463. The predicted molar refractivity (Wildman–Crippen MR) is 111 cm³/mol. The zero-order valence-electron chi connectivity index (χ0n) is 16.2. The molecular weight excluding hydrogens is 352 g/mol. The smallest absolute Gasteiger partial charge is 0.229 e. The number of piperidine rings is 1. The van der Waals surface area contributed by atoms with E-state index in [0.717, 1.165) is 55.1 Å². The number of carbonyl (C=O) groups excluding carboxylic acids is 2. The van der Waals surface area contributed by atoms with Gasteiger partial charge < -0.3 is 15.1 Å². The summed E-state index contributed by atoms with van der Waals surface area (Å²) in [7, 11) is 0. The van der Waals surface area contributed by atoms with E-state index >= 15 is 0 Å². The molecule has 2 aliphatic rings. The second kappa shape index (κ2) is 8.00.